The van der Waals surface area contributed by atoms with E-state index >= 15 is 0 Å². The molecule has 0 aliphatic heterocycles. The van der Waals surface area contributed by atoms with E-state index in [1.165, 1.54) is 24.3 Å². The van der Waals surface area contributed by atoms with Crippen LogP contribution < -0.4 is 0 Å². The molecule has 2 heterocycles. The van der Waals surface area contributed by atoms with Gasteiger partial charge in [0.2, 0.25) is 0 Å². The zero-order chi connectivity index (χ0) is 22.8. The number of aromatic carboxylic acids is 2. The highest BCUT2D eigenvalue weighted by Gasteiger charge is 2.13. The van der Waals surface area contributed by atoms with E-state index in [0.29, 0.717) is 0 Å². The van der Waals surface area contributed by atoms with E-state index in [2.05, 4.69) is 20.4 Å². The minimum Gasteiger partial charge on any atom is -0.478 e. The van der Waals surface area contributed by atoms with Gasteiger partial charge in [-0.15, -0.1) is 0 Å². The van der Waals surface area contributed by atoms with Gasteiger partial charge < -0.3 is 10.2 Å². The Hall–Kier alpha value is -4.72. The summed E-state index contributed by atoms with van der Waals surface area (Å²) in [5, 5.41) is 36.7. The van der Waals surface area contributed by atoms with Crippen molar-refractivity contribution >= 4 is 33.5 Å². The highest BCUT2D eigenvalue weighted by molar-refractivity contribution is 6.01. The molecule has 3 aromatic carbocycles. The van der Waals surface area contributed by atoms with Crippen LogP contribution in [0.4, 0.5) is 0 Å². The summed E-state index contributed by atoms with van der Waals surface area (Å²) >= 11 is 0. The minimum atomic E-state index is -1.23. The lowest BCUT2D eigenvalue weighted by Gasteiger charge is -1.98. The Morgan fingerprint density at radius 2 is 0.719 bits per heavy atom. The number of benzene rings is 3. The van der Waals surface area contributed by atoms with Gasteiger partial charge in [-0.3, -0.25) is 0 Å². The van der Waals surface area contributed by atoms with Crippen LogP contribution >= 0.6 is 0 Å². The number of nitrogens with zero attached hydrogens (tertiary/aromatic N) is 4. The van der Waals surface area contributed by atoms with Gasteiger partial charge >= 0.3 is 11.9 Å². The summed E-state index contributed by atoms with van der Waals surface area (Å²) < 4.78 is 0. The maximum atomic E-state index is 10.5. The van der Waals surface area contributed by atoms with Crippen molar-refractivity contribution in [1.82, 2.24) is 20.4 Å². The van der Waals surface area contributed by atoms with E-state index in [1.54, 1.807) is 24.8 Å². The van der Waals surface area contributed by atoms with E-state index in [4.69, 9.17) is 10.2 Å². The van der Waals surface area contributed by atoms with Gasteiger partial charge in [-0.25, -0.2) is 9.59 Å². The predicted molar refractivity (Wildman–Crippen MR) is 119 cm³/mol. The Kier molecular flexibility index (Phi) is 7.48. The summed E-state index contributed by atoms with van der Waals surface area (Å²) in [6, 6.07) is 21.5. The second-order valence-corrected chi connectivity index (χ2v) is 6.39. The average molecular weight is 426 g/mol. The third-order valence-electron chi connectivity index (χ3n) is 4.30. The number of aromatic nitrogens is 4. The summed E-state index contributed by atoms with van der Waals surface area (Å²) in [6.07, 6.45) is 7.04. The van der Waals surface area contributed by atoms with Crippen LogP contribution in [-0.4, -0.2) is 42.5 Å². The molecule has 2 N–H and O–H groups in total. The van der Waals surface area contributed by atoms with Gasteiger partial charge in [0.25, 0.3) is 0 Å². The molecule has 5 rings (SSSR count). The molecule has 0 spiro atoms. The molecule has 0 aliphatic carbocycles. The third-order valence-corrected chi connectivity index (χ3v) is 4.30. The van der Waals surface area contributed by atoms with E-state index in [9.17, 15) is 9.59 Å². The zero-order valence-electron chi connectivity index (χ0n) is 16.7. The maximum absolute atomic E-state index is 10.5. The third kappa shape index (κ3) is 5.90. The van der Waals surface area contributed by atoms with E-state index in [1.807, 2.05) is 48.5 Å². The largest absolute Gasteiger partial charge is 0.478 e. The van der Waals surface area contributed by atoms with Crippen molar-refractivity contribution in [3.63, 3.8) is 0 Å². The van der Waals surface area contributed by atoms with Crippen LogP contribution in [0.5, 0.6) is 0 Å². The monoisotopic (exact) mass is 426 g/mol. The van der Waals surface area contributed by atoms with Crippen LogP contribution in [0, 0.1) is 0 Å². The minimum absolute atomic E-state index is 0.190. The summed E-state index contributed by atoms with van der Waals surface area (Å²) in [4.78, 5) is 20.9. The zero-order valence-corrected chi connectivity index (χ0v) is 16.7. The molecule has 5 aromatic rings. The van der Waals surface area contributed by atoms with Crippen molar-refractivity contribution in [2.45, 2.75) is 0 Å². The Labute approximate surface area is 182 Å². The van der Waals surface area contributed by atoms with Crippen LogP contribution in [0.25, 0.3) is 21.5 Å². The van der Waals surface area contributed by atoms with Crippen molar-refractivity contribution in [2.24, 2.45) is 0 Å². The van der Waals surface area contributed by atoms with Gasteiger partial charge in [0, 0.05) is 21.5 Å². The first-order valence-electron chi connectivity index (χ1n) is 9.43. The molecule has 8 nitrogen and oxygen atoms in total. The molecule has 0 saturated carbocycles. The molecule has 0 aliphatic rings. The molecule has 0 radical (unpaired) electrons. The number of carboxylic acid groups (broad SMARTS) is 2. The molecule has 32 heavy (non-hydrogen) atoms. The highest BCUT2D eigenvalue weighted by atomic mass is 16.4. The Morgan fingerprint density at radius 3 is 0.969 bits per heavy atom. The molecule has 0 amide bonds. The lowest BCUT2D eigenvalue weighted by molar-refractivity contribution is 0.0651. The predicted octanol–water partition coefficient (Wildman–Crippen LogP) is 4.34. The van der Waals surface area contributed by atoms with Crippen LogP contribution in [-0.2, 0) is 0 Å². The molecule has 0 unspecified atom stereocenters. The van der Waals surface area contributed by atoms with Gasteiger partial charge in [0.1, 0.15) is 0 Å². The lowest BCUT2D eigenvalue weighted by Crippen LogP contribution is -2.06. The van der Waals surface area contributed by atoms with Crippen LogP contribution in [0.15, 0.2) is 97.6 Å². The van der Waals surface area contributed by atoms with Crippen LogP contribution in [0.3, 0.4) is 0 Å². The number of fused-ring (bicyclic) bond motifs is 2. The first kappa shape index (κ1) is 22.0. The van der Waals surface area contributed by atoms with Gasteiger partial charge in [-0.05, 0) is 12.1 Å². The summed E-state index contributed by atoms with van der Waals surface area (Å²) in [7, 11) is 0. The van der Waals surface area contributed by atoms with Crippen molar-refractivity contribution in [2.75, 3.05) is 0 Å². The van der Waals surface area contributed by atoms with E-state index in [0.717, 1.165) is 21.5 Å². The fourth-order valence-corrected chi connectivity index (χ4v) is 2.73. The van der Waals surface area contributed by atoms with Gasteiger partial charge in [-0.2, -0.15) is 20.4 Å². The van der Waals surface area contributed by atoms with Crippen molar-refractivity contribution in [3.05, 3.63) is 109 Å². The van der Waals surface area contributed by atoms with E-state index in [-0.39, 0.29) is 11.1 Å². The second kappa shape index (κ2) is 10.9. The fourth-order valence-electron chi connectivity index (χ4n) is 2.73. The molecule has 8 heteroatoms. The Balaban J connectivity index is 0.000000136. The summed E-state index contributed by atoms with van der Waals surface area (Å²) in [5.74, 6) is -2.46. The van der Waals surface area contributed by atoms with Gasteiger partial charge in [0.15, 0.2) is 0 Å². The first-order valence-corrected chi connectivity index (χ1v) is 9.43. The summed E-state index contributed by atoms with van der Waals surface area (Å²) in [5.41, 5.74) is -0.380. The molecular weight excluding hydrogens is 408 g/mol. The molecule has 158 valence electrons. The number of rotatable bonds is 2. The number of hydrogen-bond donors (Lipinski definition) is 2. The van der Waals surface area contributed by atoms with E-state index < -0.39 is 11.9 Å². The van der Waals surface area contributed by atoms with Gasteiger partial charge in [-0.1, -0.05) is 60.7 Å². The molecule has 2 aromatic heterocycles. The first-order chi connectivity index (χ1) is 15.6. The second-order valence-electron chi connectivity index (χ2n) is 6.39. The molecule has 0 atom stereocenters. The van der Waals surface area contributed by atoms with Crippen LogP contribution in [0.2, 0.25) is 0 Å². The smallest absolute Gasteiger partial charge is 0.336 e. The number of carboxylic acids is 2. The number of carbonyl (C=O) groups is 2. The molecule has 0 bridgehead atoms. The topological polar surface area (TPSA) is 126 Å². The summed E-state index contributed by atoms with van der Waals surface area (Å²) in [6.45, 7) is 0. The Bertz CT molecular complexity index is 1120. The normalized spacial score (nSPS) is 9.75. The SMILES string of the molecule is O=C(O)c1ccccc1C(=O)O.c1ccc2cnncc2c1.c1ccc2cnncc2c1. The quantitative estimate of drug-likeness (QED) is 0.427. The van der Waals surface area contributed by atoms with Gasteiger partial charge in [0.05, 0.1) is 35.9 Å². The van der Waals surface area contributed by atoms with Crippen molar-refractivity contribution < 1.29 is 19.8 Å². The van der Waals surface area contributed by atoms with Crippen LogP contribution in [0.1, 0.15) is 20.7 Å². The molecule has 0 saturated heterocycles. The van der Waals surface area contributed by atoms with Crippen molar-refractivity contribution in [1.29, 1.82) is 0 Å². The average Bonchev–Trinajstić information content (AvgIpc) is 2.85. The maximum Gasteiger partial charge on any atom is 0.336 e. The standard InChI is InChI=1S/2C8H6N2.C8H6O4/c2*1-2-4-8-6-10-9-5-7(8)3-1;9-7(10)5-3-1-2-4-6(5)8(11)12/h2*1-6H;1-4H,(H,9,10)(H,11,12). The Morgan fingerprint density at radius 1 is 0.469 bits per heavy atom. The molecule has 0 fully saturated rings. The lowest BCUT2D eigenvalue weighted by atomic mass is 10.1. The fraction of sp³-hybridized carbons (Fsp3) is 0. The van der Waals surface area contributed by atoms with Crippen molar-refractivity contribution in [3.8, 4) is 0 Å². The highest BCUT2D eigenvalue weighted by Crippen LogP contribution is 2.09. The number of hydrogen-bond acceptors (Lipinski definition) is 6. The molecular formula is C24H18N4O4.